The summed E-state index contributed by atoms with van der Waals surface area (Å²) in [6.45, 7) is 3.47. The van der Waals surface area contributed by atoms with Gasteiger partial charge in [-0.3, -0.25) is 4.90 Å². The predicted molar refractivity (Wildman–Crippen MR) is 72.9 cm³/mol. The lowest BCUT2D eigenvalue weighted by Crippen LogP contribution is -2.36. The molecule has 0 aliphatic heterocycles. The van der Waals surface area contributed by atoms with Gasteiger partial charge >= 0.3 is 0 Å². The van der Waals surface area contributed by atoms with Gasteiger partial charge in [-0.15, -0.1) is 0 Å². The smallest absolute Gasteiger partial charge is 0.128 e. The minimum atomic E-state index is -0.142. The van der Waals surface area contributed by atoms with Crippen LogP contribution in [0.1, 0.15) is 36.4 Å². The van der Waals surface area contributed by atoms with Gasteiger partial charge in [0.25, 0.3) is 0 Å². The topological polar surface area (TPSA) is 29.3 Å². The largest absolute Gasteiger partial charge is 0.329 e. The molecule has 2 N–H and O–H groups in total. The van der Waals surface area contributed by atoms with Crippen molar-refractivity contribution in [3.05, 3.63) is 35.1 Å². The minimum Gasteiger partial charge on any atom is -0.329 e. The molecule has 0 spiro atoms. The summed E-state index contributed by atoms with van der Waals surface area (Å²) in [5, 5.41) is 0. The van der Waals surface area contributed by atoms with Crippen LogP contribution in [0.2, 0.25) is 0 Å². The highest BCUT2D eigenvalue weighted by Crippen LogP contribution is 2.30. The third-order valence-electron chi connectivity index (χ3n) is 4.04. The molecule has 1 atom stereocenters. The fourth-order valence-electron chi connectivity index (χ4n) is 2.67. The molecule has 0 amide bonds. The molecule has 1 aliphatic rings. The van der Waals surface area contributed by atoms with E-state index in [1.807, 2.05) is 13.0 Å². The Morgan fingerprint density at radius 2 is 2.17 bits per heavy atom. The van der Waals surface area contributed by atoms with Gasteiger partial charge in [0.05, 0.1) is 0 Å². The van der Waals surface area contributed by atoms with Crippen molar-refractivity contribution < 1.29 is 4.39 Å². The number of aryl methyl sites for hydroxylation is 1. The third kappa shape index (κ3) is 2.90. The standard InChI is InChI=1S/C15H23FN2/c1-11-6-7-14(16)13(8-11)15(9-17)18(2)10-12-4-3-5-12/h6-8,12,15H,3-5,9-10,17H2,1-2H3. The molecule has 1 aromatic carbocycles. The van der Waals surface area contributed by atoms with Crippen molar-refractivity contribution >= 4 is 0 Å². The van der Waals surface area contributed by atoms with E-state index in [4.69, 9.17) is 5.73 Å². The van der Waals surface area contributed by atoms with E-state index in [1.165, 1.54) is 19.3 Å². The molecule has 0 bridgehead atoms. The molecule has 0 saturated heterocycles. The average molecular weight is 250 g/mol. The summed E-state index contributed by atoms with van der Waals surface area (Å²) in [4.78, 5) is 2.21. The molecule has 1 unspecified atom stereocenters. The van der Waals surface area contributed by atoms with Gasteiger partial charge in [-0.25, -0.2) is 4.39 Å². The number of rotatable bonds is 5. The van der Waals surface area contributed by atoms with Gasteiger partial charge in [0.15, 0.2) is 0 Å². The molecular formula is C15H23FN2. The number of nitrogens with zero attached hydrogens (tertiary/aromatic N) is 1. The van der Waals surface area contributed by atoms with Crippen molar-refractivity contribution in [2.24, 2.45) is 11.7 Å². The quantitative estimate of drug-likeness (QED) is 0.870. The lowest BCUT2D eigenvalue weighted by molar-refractivity contribution is 0.162. The highest BCUT2D eigenvalue weighted by molar-refractivity contribution is 5.27. The van der Waals surface area contributed by atoms with Gasteiger partial charge in [-0.2, -0.15) is 0 Å². The number of likely N-dealkylation sites (N-methyl/N-ethyl adjacent to an activating group) is 1. The van der Waals surface area contributed by atoms with Crippen molar-refractivity contribution in [1.82, 2.24) is 4.90 Å². The molecule has 0 aromatic heterocycles. The fourth-order valence-corrected chi connectivity index (χ4v) is 2.67. The number of halogens is 1. The lowest BCUT2D eigenvalue weighted by Gasteiger charge is -2.34. The number of hydrogen-bond acceptors (Lipinski definition) is 2. The Kier molecular flexibility index (Phi) is 4.36. The first-order valence-electron chi connectivity index (χ1n) is 6.78. The van der Waals surface area contributed by atoms with Crippen molar-refractivity contribution in [1.29, 1.82) is 0 Å². The summed E-state index contributed by atoms with van der Waals surface area (Å²) >= 11 is 0. The molecule has 18 heavy (non-hydrogen) atoms. The van der Waals surface area contributed by atoms with Gasteiger partial charge in [0.1, 0.15) is 5.82 Å². The summed E-state index contributed by atoms with van der Waals surface area (Å²) in [5.74, 6) is 0.633. The monoisotopic (exact) mass is 250 g/mol. The average Bonchev–Trinajstić information content (AvgIpc) is 2.29. The summed E-state index contributed by atoms with van der Waals surface area (Å²) in [6, 6.07) is 5.26. The van der Waals surface area contributed by atoms with E-state index in [9.17, 15) is 4.39 Å². The zero-order valence-electron chi connectivity index (χ0n) is 11.3. The van der Waals surface area contributed by atoms with E-state index >= 15 is 0 Å². The van der Waals surface area contributed by atoms with E-state index in [0.717, 1.165) is 23.6 Å². The predicted octanol–water partition coefficient (Wildman–Crippen LogP) is 2.87. The molecular weight excluding hydrogens is 227 g/mol. The second kappa shape index (κ2) is 5.81. The zero-order valence-corrected chi connectivity index (χ0v) is 11.3. The lowest BCUT2D eigenvalue weighted by atomic mass is 9.84. The maximum absolute atomic E-state index is 13.9. The summed E-state index contributed by atoms with van der Waals surface area (Å²) < 4.78 is 13.9. The number of hydrogen-bond donors (Lipinski definition) is 1. The van der Waals surface area contributed by atoms with Gasteiger partial charge in [-0.05, 0) is 38.8 Å². The molecule has 2 rings (SSSR count). The Balaban J connectivity index is 2.12. The first kappa shape index (κ1) is 13.5. The third-order valence-corrected chi connectivity index (χ3v) is 4.04. The SMILES string of the molecule is Cc1ccc(F)c(C(CN)N(C)CC2CCC2)c1. The van der Waals surface area contributed by atoms with Gasteiger partial charge in [0.2, 0.25) is 0 Å². The Labute approximate surface area is 109 Å². The summed E-state index contributed by atoms with van der Waals surface area (Å²) in [6.07, 6.45) is 3.94. The molecule has 1 aromatic rings. The molecule has 1 fully saturated rings. The van der Waals surface area contributed by atoms with E-state index < -0.39 is 0 Å². The molecule has 0 heterocycles. The number of benzene rings is 1. The van der Waals surface area contributed by atoms with Crippen LogP contribution in [-0.4, -0.2) is 25.0 Å². The summed E-state index contributed by atoms with van der Waals surface area (Å²) in [5.41, 5.74) is 7.67. The molecule has 2 nitrogen and oxygen atoms in total. The number of nitrogens with two attached hydrogens (primary N) is 1. The van der Waals surface area contributed by atoms with Crippen LogP contribution >= 0.6 is 0 Å². The van der Waals surface area contributed by atoms with Crippen molar-refractivity contribution in [2.45, 2.75) is 32.2 Å². The van der Waals surface area contributed by atoms with E-state index in [-0.39, 0.29) is 11.9 Å². The zero-order chi connectivity index (χ0) is 13.1. The first-order valence-corrected chi connectivity index (χ1v) is 6.78. The highest BCUT2D eigenvalue weighted by atomic mass is 19.1. The second-order valence-corrected chi connectivity index (χ2v) is 5.51. The first-order chi connectivity index (χ1) is 8.61. The van der Waals surface area contributed by atoms with Crippen LogP contribution in [0, 0.1) is 18.7 Å². The van der Waals surface area contributed by atoms with Crippen molar-refractivity contribution in [3.8, 4) is 0 Å². The molecule has 1 aliphatic carbocycles. The molecule has 1 saturated carbocycles. The Hall–Kier alpha value is -0.930. The minimum absolute atomic E-state index is 0.00880. The summed E-state index contributed by atoms with van der Waals surface area (Å²) in [7, 11) is 2.05. The van der Waals surface area contributed by atoms with Gasteiger partial charge < -0.3 is 5.73 Å². The second-order valence-electron chi connectivity index (χ2n) is 5.51. The van der Waals surface area contributed by atoms with Crippen LogP contribution in [-0.2, 0) is 0 Å². The van der Waals surface area contributed by atoms with Crippen LogP contribution < -0.4 is 5.73 Å². The molecule has 0 radical (unpaired) electrons. The van der Waals surface area contributed by atoms with Crippen LogP contribution in [0.25, 0.3) is 0 Å². The van der Waals surface area contributed by atoms with Crippen molar-refractivity contribution in [3.63, 3.8) is 0 Å². The van der Waals surface area contributed by atoms with Gasteiger partial charge in [-0.1, -0.05) is 24.1 Å². The van der Waals surface area contributed by atoms with E-state index in [2.05, 4.69) is 11.9 Å². The van der Waals surface area contributed by atoms with Crippen molar-refractivity contribution in [2.75, 3.05) is 20.1 Å². The van der Waals surface area contributed by atoms with E-state index in [1.54, 1.807) is 12.1 Å². The van der Waals surface area contributed by atoms with Crippen LogP contribution in [0.3, 0.4) is 0 Å². The molecule has 3 heteroatoms. The van der Waals surface area contributed by atoms with E-state index in [0.29, 0.717) is 6.54 Å². The molecule has 100 valence electrons. The van der Waals surface area contributed by atoms with Gasteiger partial charge in [0, 0.05) is 24.7 Å². The fraction of sp³-hybridized carbons (Fsp3) is 0.600. The van der Waals surface area contributed by atoms with Crippen LogP contribution in [0.5, 0.6) is 0 Å². The van der Waals surface area contributed by atoms with Crippen LogP contribution in [0.4, 0.5) is 4.39 Å². The maximum atomic E-state index is 13.9. The van der Waals surface area contributed by atoms with Crippen LogP contribution in [0.15, 0.2) is 18.2 Å². The normalized spacial score (nSPS) is 17.8. The Bertz CT molecular complexity index is 401. The Morgan fingerprint density at radius 1 is 1.44 bits per heavy atom. The Morgan fingerprint density at radius 3 is 2.72 bits per heavy atom. The highest BCUT2D eigenvalue weighted by Gasteiger charge is 2.24. The maximum Gasteiger partial charge on any atom is 0.128 e.